The molecule has 2 aromatic rings. The van der Waals surface area contributed by atoms with Crippen LogP contribution in [-0.2, 0) is 6.42 Å². The monoisotopic (exact) mass is 288 g/mol. The zero-order valence-electron chi connectivity index (χ0n) is 12.2. The van der Waals surface area contributed by atoms with Crippen LogP contribution in [0.2, 0.25) is 0 Å². The fourth-order valence-corrected chi connectivity index (χ4v) is 4.00. The number of benzene rings is 1. The summed E-state index contributed by atoms with van der Waals surface area (Å²) in [7, 11) is 3.73. The predicted octanol–water partition coefficient (Wildman–Crippen LogP) is 3.72. The van der Waals surface area contributed by atoms with Crippen LogP contribution in [0.4, 0.5) is 0 Å². The molecule has 0 fully saturated rings. The minimum atomic E-state index is 0.420. The van der Waals surface area contributed by atoms with Crippen molar-refractivity contribution in [2.75, 3.05) is 14.2 Å². The van der Waals surface area contributed by atoms with Gasteiger partial charge in [-0.15, -0.1) is 11.3 Å². The maximum absolute atomic E-state index is 5.32. The van der Waals surface area contributed by atoms with Gasteiger partial charge in [0.2, 0.25) is 0 Å². The Labute approximate surface area is 124 Å². The Kier molecular flexibility index (Phi) is 3.76. The summed E-state index contributed by atoms with van der Waals surface area (Å²) < 4.78 is 5.32. The molecule has 1 heterocycles. The van der Waals surface area contributed by atoms with Crippen molar-refractivity contribution >= 4 is 11.3 Å². The Morgan fingerprint density at radius 3 is 2.95 bits per heavy atom. The lowest BCUT2D eigenvalue weighted by molar-refractivity contribution is 0.412. The first kappa shape index (κ1) is 13.6. The number of fused-ring (bicyclic) bond motifs is 1. The number of methoxy groups -OCH3 is 1. The van der Waals surface area contributed by atoms with E-state index in [0.29, 0.717) is 6.04 Å². The summed E-state index contributed by atoms with van der Waals surface area (Å²) in [6, 6.07) is 6.71. The first-order chi connectivity index (χ1) is 9.72. The number of ether oxygens (including phenoxy) is 1. The fraction of sp³-hybridized carbons (Fsp3) is 0.438. The predicted molar refractivity (Wildman–Crippen MR) is 83.6 cm³/mol. The number of rotatable bonds is 3. The van der Waals surface area contributed by atoms with Crippen LogP contribution in [0.3, 0.4) is 0 Å². The van der Waals surface area contributed by atoms with Gasteiger partial charge in [-0.2, -0.15) is 0 Å². The average molecular weight is 288 g/mol. The summed E-state index contributed by atoms with van der Waals surface area (Å²) in [5.41, 5.74) is 3.60. The van der Waals surface area contributed by atoms with E-state index in [1.165, 1.54) is 35.4 Å². The Balaban J connectivity index is 1.99. The third kappa shape index (κ3) is 2.34. The molecule has 3 nitrogen and oxygen atoms in total. The van der Waals surface area contributed by atoms with Gasteiger partial charge in [0.1, 0.15) is 10.8 Å². The van der Waals surface area contributed by atoms with Gasteiger partial charge in [-0.1, -0.05) is 0 Å². The minimum Gasteiger partial charge on any atom is -0.496 e. The van der Waals surface area contributed by atoms with E-state index in [0.717, 1.165) is 16.3 Å². The van der Waals surface area contributed by atoms with Gasteiger partial charge in [-0.3, -0.25) is 0 Å². The first-order valence-electron chi connectivity index (χ1n) is 7.05. The normalized spacial score (nSPS) is 17.9. The molecule has 106 valence electrons. The van der Waals surface area contributed by atoms with Crippen LogP contribution in [0.5, 0.6) is 5.75 Å². The smallest absolute Gasteiger partial charge is 0.123 e. The van der Waals surface area contributed by atoms with Crippen molar-refractivity contribution in [1.29, 1.82) is 0 Å². The number of aryl methyl sites for hydroxylation is 2. The molecule has 1 aromatic carbocycles. The van der Waals surface area contributed by atoms with Gasteiger partial charge in [0, 0.05) is 10.4 Å². The summed E-state index contributed by atoms with van der Waals surface area (Å²) in [6.07, 6.45) is 3.61. The SMILES string of the molecule is CNC1CCCc2sc(-c3ccc(OC)c(C)c3)nc21. The van der Waals surface area contributed by atoms with Crippen molar-refractivity contribution in [3.8, 4) is 16.3 Å². The third-order valence-electron chi connectivity index (χ3n) is 3.94. The molecule has 0 spiro atoms. The van der Waals surface area contributed by atoms with E-state index in [4.69, 9.17) is 9.72 Å². The summed E-state index contributed by atoms with van der Waals surface area (Å²) in [5.74, 6) is 0.933. The van der Waals surface area contributed by atoms with E-state index in [1.807, 2.05) is 24.5 Å². The summed E-state index contributed by atoms with van der Waals surface area (Å²) in [5, 5.41) is 4.51. The molecule has 1 atom stereocenters. The topological polar surface area (TPSA) is 34.1 Å². The van der Waals surface area contributed by atoms with E-state index in [1.54, 1.807) is 7.11 Å². The second-order valence-corrected chi connectivity index (χ2v) is 6.33. The van der Waals surface area contributed by atoms with Gasteiger partial charge >= 0.3 is 0 Å². The van der Waals surface area contributed by atoms with E-state index in [-0.39, 0.29) is 0 Å². The van der Waals surface area contributed by atoms with Crippen molar-refractivity contribution < 1.29 is 4.74 Å². The van der Waals surface area contributed by atoms with E-state index < -0.39 is 0 Å². The first-order valence-corrected chi connectivity index (χ1v) is 7.86. The molecule has 1 aliphatic rings. The van der Waals surface area contributed by atoms with Crippen LogP contribution in [0.15, 0.2) is 18.2 Å². The quantitative estimate of drug-likeness (QED) is 0.934. The second-order valence-electron chi connectivity index (χ2n) is 5.25. The molecule has 20 heavy (non-hydrogen) atoms. The van der Waals surface area contributed by atoms with Crippen LogP contribution in [0.1, 0.15) is 35.0 Å². The molecule has 4 heteroatoms. The molecule has 0 saturated heterocycles. The molecular formula is C16H20N2OS. The number of hydrogen-bond donors (Lipinski definition) is 1. The molecule has 0 aliphatic heterocycles. The van der Waals surface area contributed by atoms with E-state index in [9.17, 15) is 0 Å². The molecule has 1 N–H and O–H groups in total. The standard InChI is InChI=1S/C16H20N2OS/c1-10-9-11(7-8-13(10)19-3)16-18-15-12(17-2)5-4-6-14(15)20-16/h7-9,12,17H,4-6H2,1-3H3. The molecular weight excluding hydrogens is 268 g/mol. The number of nitrogens with zero attached hydrogens (tertiary/aromatic N) is 1. The highest BCUT2D eigenvalue weighted by Crippen LogP contribution is 2.37. The minimum absolute atomic E-state index is 0.420. The maximum atomic E-state index is 5.32. The summed E-state index contributed by atoms with van der Waals surface area (Å²) in [6.45, 7) is 2.08. The molecule has 0 amide bonds. The molecule has 1 unspecified atom stereocenters. The van der Waals surface area contributed by atoms with Crippen LogP contribution in [-0.4, -0.2) is 19.1 Å². The van der Waals surface area contributed by atoms with Crippen molar-refractivity contribution in [3.63, 3.8) is 0 Å². The molecule has 3 rings (SSSR count). The van der Waals surface area contributed by atoms with Crippen LogP contribution in [0.25, 0.3) is 10.6 Å². The van der Waals surface area contributed by atoms with Crippen molar-refractivity contribution in [3.05, 3.63) is 34.3 Å². The highest BCUT2D eigenvalue weighted by atomic mass is 32.1. The molecule has 1 aliphatic carbocycles. The maximum Gasteiger partial charge on any atom is 0.123 e. The van der Waals surface area contributed by atoms with Gasteiger partial charge in [-0.05, 0) is 57.0 Å². The average Bonchev–Trinajstić information content (AvgIpc) is 2.91. The number of nitrogens with one attached hydrogen (secondary N) is 1. The molecule has 0 saturated carbocycles. The lowest BCUT2D eigenvalue weighted by Gasteiger charge is -2.19. The van der Waals surface area contributed by atoms with Crippen molar-refractivity contribution in [2.45, 2.75) is 32.2 Å². The van der Waals surface area contributed by atoms with Gasteiger partial charge in [0.25, 0.3) is 0 Å². The molecule has 0 radical (unpaired) electrons. The Morgan fingerprint density at radius 2 is 2.25 bits per heavy atom. The highest BCUT2D eigenvalue weighted by Gasteiger charge is 2.23. The van der Waals surface area contributed by atoms with E-state index >= 15 is 0 Å². The number of aromatic nitrogens is 1. The van der Waals surface area contributed by atoms with Gasteiger partial charge in [-0.25, -0.2) is 4.98 Å². The lowest BCUT2D eigenvalue weighted by atomic mass is 9.98. The van der Waals surface area contributed by atoms with Crippen molar-refractivity contribution in [1.82, 2.24) is 10.3 Å². The van der Waals surface area contributed by atoms with Crippen LogP contribution in [0, 0.1) is 6.92 Å². The Bertz CT molecular complexity index is 621. The van der Waals surface area contributed by atoms with Crippen LogP contribution < -0.4 is 10.1 Å². The third-order valence-corrected chi connectivity index (χ3v) is 5.12. The number of thiazole rings is 1. The lowest BCUT2D eigenvalue weighted by Crippen LogP contribution is -2.21. The van der Waals surface area contributed by atoms with Gasteiger partial charge in [0.15, 0.2) is 0 Å². The van der Waals surface area contributed by atoms with Gasteiger partial charge < -0.3 is 10.1 Å². The van der Waals surface area contributed by atoms with E-state index in [2.05, 4.69) is 24.4 Å². The summed E-state index contributed by atoms with van der Waals surface area (Å²) >= 11 is 1.84. The fourth-order valence-electron chi connectivity index (χ4n) is 2.83. The zero-order chi connectivity index (χ0) is 14.1. The Morgan fingerprint density at radius 1 is 1.40 bits per heavy atom. The molecule has 0 bridgehead atoms. The van der Waals surface area contributed by atoms with Crippen LogP contribution >= 0.6 is 11.3 Å². The highest BCUT2D eigenvalue weighted by molar-refractivity contribution is 7.15. The number of hydrogen-bond acceptors (Lipinski definition) is 4. The van der Waals surface area contributed by atoms with Gasteiger partial charge in [0.05, 0.1) is 18.8 Å². The second kappa shape index (κ2) is 5.54. The van der Waals surface area contributed by atoms with Crippen molar-refractivity contribution in [2.24, 2.45) is 0 Å². The largest absolute Gasteiger partial charge is 0.496 e. The molecule has 1 aromatic heterocycles. The zero-order valence-corrected chi connectivity index (χ0v) is 13.0. The Hall–Kier alpha value is -1.39. The summed E-state index contributed by atoms with van der Waals surface area (Å²) in [4.78, 5) is 6.33.